The summed E-state index contributed by atoms with van der Waals surface area (Å²) in [6.45, 7) is 2.10. The van der Waals surface area contributed by atoms with Gasteiger partial charge in [-0.25, -0.2) is 0 Å². The summed E-state index contributed by atoms with van der Waals surface area (Å²) in [4.78, 5) is 0. The first-order chi connectivity index (χ1) is 2.27. The second kappa shape index (κ2) is 3.92. The number of hydrogen-bond donors (Lipinski definition) is 0. The third-order valence-electron chi connectivity index (χ3n) is 0.167. The predicted octanol–water partition coefficient (Wildman–Crippen LogP) is 0.436. The largest absolute Gasteiger partial charge is 0.171 e. The fraction of sp³-hybridized carbons (Fsp3) is 1.00. The van der Waals surface area contributed by atoms with E-state index >= 15 is 0 Å². The molecule has 2 unspecified atom stereocenters. The van der Waals surface area contributed by atoms with Crippen molar-refractivity contribution in [2.75, 3.05) is 6.66 Å². The first kappa shape index (κ1) is 3.13. The van der Waals surface area contributed by atoms with Crippen molar-refractivity contribution in [2.24, 2.45) is 0 Å². The molecular formula is CH7BP2. The summed E-state index contributed by atoms with van der Waals surface area (Å²) in [6, 6.07) is 0. The van der Waals surface area contributed by atoms with Gasteiger partial charge in [0.05, 0.1) is 0 Å². The highest BCUT2D eigenvalue weighted by atomic mass is 31.1. The molecule has 0 aliphatic rings. The summed E-state index contributed by atoms with van der Waals surface area (Å²) >= 11 is 0. The summed E-state index contributed by atoms with van der Waals surface area (Å²) in [7, 11) is 3.16. The van der Waals surface area contributed by atoms with Crippen LogP contribution in [0.1, 0.15) is 0 Å². The molecule has 4 heavy (non-hydrogen) atoms. The molecule has 0 aromatic carbocycles. The molecule has 0 nitrogen and oxygen atoms in total. The maximum absolute atomic E-state index is 6.80. The average molecular weight is 92.8 g/mol. The van der Waals surface area contributed by atoms with Crippen molar-refractivity contribution < 1.29 is 0 Å². The summed E-state index contributed by atoms with van der Waals surface area (Å²) < 4.78 is 6.80. The molecular weight excluding hydrogens is 84.8 g/mol. The molecule has 2 atom stereocenters. The number of hydrogen-bond acceptors (Lipinski definition) is 0. The van der Waals surface area contributed by atoms with Crippen LogP contribution in [0.4, 0.5) is 0 Å². The van der Waals surface area contributed by atoms with Gasteiger partial charge in [-0.15, -0.1) is 0 Å². The Bertz CT molecular complexity index is 23.6. The third kappa shape index (κ3) is 2.92. The lowest BCUT2D eigenvalue weighted by atomic mass is 10.7. The molecule has 3 heteroatoms. The van der Waals surface area contributed by atoms with Gasteiger partial charge in [0.2, 0.25) is 0 Å². The van der Waals surface area contributed by atoms with E-state index in [1.807, 2.05) is 6.66 Å². The van der Waals surface area contributed by atoms with Crippen LogP contribution in [-0.4, -0.2) is 14.7 Å². The summed E-state index contributed by atoms with van der Waals surface area (Å²) in [5.41, 5.74) is 0. The van der Waals surface area contributed by atoms with E-state index in [0.717, 1.165) is 8.46 Å². The van der Waals surface area contributed by atoms with E-state index < -0.39 is 0 Å². The molecule has 0 spiro atoms. The van der Waals surface area contributed by atoms with E-state index in [9.17, 15) is 0 Å². The van der Waals surface area contributed by atoms with Gasteiger partial charge in [0, 0.05) is 0 Å². The summed E-state index contributed by atoms with van der Waals surface area (Å²) in [6.07, 6.45) is 0. The molecule has 0 fully saturated rings. The van der Waals surface area contributed by atoms with Gasteiger partial charge in [0.15, 0.2) is 6.68 Å². The minimum Gasteiger partial charge on any atom is -0.170 e. The standard InChI is InChI=1S/CH7BP2/c1-4-2-3/h2,4H,3H2,1H3/i2D. The molecule has 0 aromatic heterocycles. The minimum atomic E-state index is 0.0787. The second-order valence-corrected chi connectivity index (χ2v) is 2.37. The van der Waals surface area contributed by atoms with Gasteiger partial charge in [0.25, 0.3) is 0 Å². The maximum atomic E-state index is 6.80. The van der Waals surface area contributed by atoms with Gasteiger partial charge in [0.1, 0.15) is 0 Å². The molecule has 0 N–H and O–H groups in total. The van der Waals surface area contributed by atoms with E-state index in [4.69, 9.17) is 1.34 Å². The molecule has 0 rings (SSSR count). The minimum absolute atomic E-state index is 0.0787. The molecule has 24 valence electrons. The van der Waals surface area contributed by atoms with E-state index in [2.05, 4.69) is 9.12 Å². The van der Waals surface area contributed by atoms with Crippen LogP contribution < -0.4 is 0 Å². The zero-order valence-electron chi connectivity index (χ0n) is 3.65. The Morgan fingerprint density at radius 3 is 2.75 bits per heavy atom. The SMILES string of the molecule is [2H]B(P)PC. The van der Waals surface area contributed by atoms with E-state index in [1.165, 1.54) is 0 Å². The van der Waals surface area contributed by atoms with Crippen molar-refractivity contribution in [3.63, 3.8) is 0 Å². The highest BCUT2D eigenvalue weighted by Gasteiger charge is 1.60. The first-order valence-corrected chi connectivity index (χ1v) is 3.37. The highest BCUT2D eigenvalue weighted by molar-refractivity contribution is 7.94. The molecule has 0 bridgehead atoms. The molecule has 0 amide bonds. The van der Waals surface area contributed by atoms with Crippen molar-refractivity contribution >= 4 is 24.3 Å². The van der Waals surface area contributed by atoms with Crippen LogP contribution in [0.2, 0.25) is 0 Å². The van der Waals surface area contributed by atoms with Gasteiger partial charge in [-0.2, -0.15) is 17.6 Å². The molecule has 0 radical (unpaired) electrons. The van der Waals surface area contributed by atoms with Crippen molar-refractivity contribution in [1.29, 1.82) is 1.34 Å². The fourth-order valence-corrected chi connectivity index (χ4v) is 0. The monoisotopic (exact) mass is 93.0 g/mol. The van der Waals surface area contributed by atoms with Gasteiger partial charge in [-0.1, -0.05) is 6.66 Å². The molecule has 0 aromatic rings. The van der Waals surface area contributed by atoms with Crippen LogP contribution in [-0.2, 0) is 0 Å². The van der Waals surface area contributed by atoms with Crippen molar-refractivity contribution in [3.8, 4) is 0 Å². The van der Waals surface area contributed by atoms with E-state index in [-0.39, 0.29) is 6.68 Å². The van der Waals surface area contributed by atoms with Crippen LogP contribution >= 0.6 is 17.6 Å². The van der Waals surface area contributed by atoms with Crippen molar-refractivity contribution in [1.82, 2.24) is 0 Å². The zero-order chi connectivity index (χ0) is 4.28. The highest BCUT2D eigenvalue weighted by Crippen LogP contribution is 1.99. The lowest BCUT2D eigenvalue weighted by Gasteiger charge is -1.65. The Hall–Kier alpha value is 0.925. The topological polar surface area (TPSA) is 0 Å². The molecule has 0 aliphatic heterocycles. The van der Waals surface area contributed by atoms with E-state index in [0.29, 0.717) is 0 Å². The Balaban J connectivity index is 2.54. The normalized spacial score (nSPS) is 13.0. The average Bonchev–Trinajstić information content (AvgIpc) is 1.38. The van der Waals surface area contributed by atoms with Crippen LogP contribution in [0.5, 0.6) is 0 Å². The van der Waals surface area contributed by atoms with Crippen LogP contribution in [0.25, 0.3) is 0 Å². The Morgan fingerprint density at radius 1 is 2.50 bits per heavy atom. The summed E-state index contributed by atoms with van der Waals surface area (Å²) in [5.74, 6) is 0. The van der Waals surface area contributed by atoms with Gasteiger partial charge >= 0.3 is 0 Å². The Labute approximate surface area is 33.2 Å². The van der Waals surface area contributed by atoms with Gasteiger partial charge in [-0.05, 0) is 1.34 Å². The second-order valence-electron chi connectivity index (χ2n) is 0.455. The number of rotatable bonds is 1. The Morgan fingerprint density at radius 2 is 2.75 bits per heavy atom. The molecule has 0 aliphatic carbocycles. The van der Waals surface area contributed by atoms with Crippen LogP contribution in [0, 0.1) is 0 Å². The van der Waals surface area contributed by atoms with Crippen LogP contribution in [0.3, 0.4) is 0 Å². The Kier molecular flexibility index (Phi) is 3.07. The molecule has 0 saturated carbocycles. The lowest BCUT2D eigenvalue weighted by molar-refractivity contribution is 2.51. The first-order valence-electron chi connectivity index (χ1n) is 1.70. The zero-order valence-corrected chi connectivity index (χ0v) is 4.81. The molecule has 0 saturated heterocycles. The summed E-state index contributed by atoms with van der Waals surface area (Å²) in [5, 5.41) is 0. The molecule has 0 heterocycles. The van der Waals surface area contributed by atoms with Gasteiger partial charge < -0.3 is 0 Å². The quantitative estimate of drug-likeness (QED) is 0.325. The van der Waals surface area contributed by atoms with Crippen LogP contribution in [0.15, 0.2) is 0 Å². The van der Waals surface area contributed by atoms with E-state index in [1.54, 1.807) is 0 Å². The van der Waals surface area contributed by atoms with Crippen molar-refractivity contribution in [2.45, 2.75) is 0 Å². The smallest absolute Gasteiger partial charge is 0.170 e. The predicted molar refractivity (Wildman–Crippen MR) is 31.1 cm³/mol. The third-order valence-corrected chi connectivity index (χ3v) is 1.50. The van der Waals surface area contributed by atoms with Crippen molar-refractivity contribution in [3.05, 3.63) is 0 Å². The maximum Gasteiger partial charge on any atom is 0.171 e. The van der Waals surface area contributed by atoms with Gasteiger partial charge in [-0.3, -0.25) is 0 Å². The fourth-order valence-electron chi connectivity index (χ4n) is 0. The lowest BCUT2D eigenvalue weighted by Crippen LogP contribution is -1.46.